The summed E-state index contributed by atoms with van der Waals surface area (Å²) in [6.07, 6.45) is 1.68. The molecule has 4 nitrogen and oxygen atoms in total. The van der Waals surface area contributed by atoms with Crippen LogP contribution in [-0.2, 0) is 14.3 Å². The monoisotopic (exact) mass is 393 g/mol. The number of ether oxygens (including phenoxy) is 1. The Balaban J connectivity index is 2.19. The average Bonchev–Trinajstić information content (AvgIpc) is 2.55. The van der Waals surface area contributed by atoms with E-state index >= 15 is 0 Å². The maximum absolute atomic E-state index is 12.9. The lowest BCUT2D eigenvalue weighted by molar-refractivity contribution is -0.150. The number of carbonyl (C=O) groups excluding carboxylic acids is 2. The Kier molecular flexibility index (Phi) is 5.54. The van der Waals surface area contributed by atoms with E-state index in [2.05, 4.69) is 4.99 Å². The second kappa shape index (κ2) is 7.53. The summed E-state index contributed by atoms with van der Waals surface area (Å²) in [6, 6.07) is 5.29. The molecule has 2 aliphatic rings. The summed E-state index contributed by atoms with van der Waals surface area (Å²) in [5.74, 6) is -1.58. The minimum Gasteiger partial charge on any atom is -0.462 e. The predicted molar refractivity (Wildman–Crippen MR) is 103 cm³/mol. The van der Waals surface area contributed by atoms with Crippen LogP contribution in [0.5, 0.6) is 0 Å². The Labute approximate surface area is 163 Å². The van der Waals surface area contributed by atoms with Gasteiger partial charge in [0.05, 0.1) is 16.1 Å². The minimum atomic E-state index is -0.686. The molecule has 0 bridgehead atoms. The van der Waals surface area contributed by atoms with Crippen molar-refractivity contribution in [1.29, 1.82) is 0 Å². The topological polar surface area (TPSA) is 55.7 Å². The van der Waals surface area contributed by atoms with Crippen LogP contribution in [0.1, 0.15) is 51.5 Å². The molecule has 138 valence electrons. The van der Waals surface area contributed by atoms with E-state index in [1.54, 1.807) is 32.9 Å². The van der Waals surface area contributed by atoms with Crippen molar-refractivity contribution in [2.45, 2.75) is 52.1 Å². The number of rotatable bonds is 3. The maximum Gasteiger partial charge on any atom is 0.315 e. The molecule has 0 saturated carbocycles. The molecule has 1 aliphatic heterocycles. The molecule has 1 unspecified atom stereocenters. The molecule has 0 N–H and O–H groups in total. The van der Waals surface area contributed by atoms with Crippen LogP contribution in [0, 0.1) is 5.92 Å². The van der Waals surface area contributed by atoms with Gasteiger partial charge in [-0.1, -0.05) is 35.3 Å². The van der Waals surface area contributed by atoms with Gasteiger partial charge < -0.3 is 4.74 Å². The van der Waals surface area contributed by atoms with Gasteiger partial charge in [-0.2, -0.15) is 0 Å². The highest BCUT2D eigenvalue weighted by Gasteiger charge is 2.44. The number of ketones is 1. The molecule has 6 heteroatoms. The van der Waals surface area contributed by atoms with Crippen molar-refractivity contribution in [3.05, 3.63) is 45.1 Å². The third kappa shape index (κ3) is 3.45. The van der Waals surface area contributed by atoms with Crippen LogP contribution in [0.3, 0.4) is 0 Å². The van der Waals surface area contributed by atoms with Crippen LogP contribution >= 0.6 is 23.2 Å². The van der Waals surface area contributed by atoms with Crippen molar-refractivity contribution in [2.24, 2.45) is 10.9 Å². The molecule has 1 aromatic carbocycles. The number of hydrogen-bond acceptors (Lipinski definition) is 4. The number of esters is 1. The normalized spacial score (nSPS) is 23.0. The van der Waals surface area contributed by atoms with E-state index in [-0.39, 0.29) is 11.9 Å². The Morgan fingerprint density at radius 1 is 1.27 bits per heavy atom. The first-order valence-corrected chi connectivity index (χ1v) is 9.52. The molecule has 1 aliphatic carbocycles. The zero-order chi connectivity index (χ0) is 19.0. The van der Waals surface area contributed by atoms with Crippen LogP contribution in [0.25, 0.3) is 0 Å². The van der Waals surface area contributed by atoms with Crippen LogP contribution in [0.15, 0.2) is 34.5 Å². The van der Waals surface area contributed by atoms with E-state index in [1.807, 2.05) is 6.07 Å². The molecule has 0 fully saturated rings. The van der Waals surface area contributed by atoms with Gasteiger partial charge in [-0.15, -0.1) is 0 Å². The third-order valence-corrected chi connectivity index (χ3v) is 5.59. The molecule has 0 saturated heterocycles. The van der Waals surface area contributed by atoms with E-state index in [0.717, 1.165) is 18.5 Å². The molecule has 26 heavy (non-hydrogen) atoms. The summed E-state index contributed by atoms with van der Waals surface area (Å²) in [4.78, 5) is 30.2. The molecule has 1 aromatic rings. The molecular weight excluding hydrogens is 373 g/mol. The highest BCUT2D eigenvalue weighted by molar-refractivity contribution is 6.42. The van der Waals surface area contributed by atoms with Crippen LogP contribution in [-0.4, -0.2) is 23.6 Å². The number of allylic oxidation sites excluding steroid dienone is 2. The quantitative estimate of drug-likeness (QED) is 0.668. The predicted octanol–water partition coefficient (Wildman–Crippen LogP) is 5.13. The van der Waals surface area contributed by atoms with Crippen molar-refractivity contribution < 1.29 is 14.3 Å². The summed E-state index contributed by atoms with van der Waals surface area (Å²) in [5.41, 5.74) is 2.65. The summed E-state index contributed by atoms with van der Waals surface area (Å²) in [6.45, 7) is 5.40. The van der Waals surface area contributed by atoms with Gasteiger partial charge in [0.15, 0.2) is 5.78 Å². The van der Waals surface area contributed by atoms with Gasteiger partial charge in [-0.25, -0.2) is 0 Å². The van der Waals surface area contributed by atoms with Crippen molar-refractivity contribution >= 4 is 40.7 Å². The number of halogens is 2. The fourth-order valence-electron chi connectivity index (χ4n) is 3.71. The maximum atomic E-state index is 12.9. The molecular formula is C20H21Cl2NO3. The van der Waals surface area contributed by atoms with E-state index in [4.69, 9.17) is 27.9 Å². The molecule has 1 heterocycles. The number of aliphatic imine (C=N–C) groups is 1. The minimum absolute atomic E-state index is 0.0193. The molecule has 2 atom stereocenters. The van der Waals surface area contributed by atoms with E-state index in [9.17, 15) is 9.59 Å². The zero-order valence-electron chi connectivity index (χ0n) is 15.0. The molecule has 0 amide bonds. The van der Waals surface area contributed by atoms with E-state index in [0.29, 0.717) is 33.3 Å². The van der Waals surface area contributed by atoms with Crippen molar-refractivity contribution in [3.8, 4) is 0 Å². The lowest BCUT2D eigenvalue weighted by atomic mass is 9.71. The lowest BCUT2D eigenvalue weighted by Gasteiger charge is -2.35. The first-order valence-electron chi connectivity index (χ1n) is 8.77. The second-order valence-corrected chi connectivity index (χ2v) is 7.76. The van der Waals surface area contributed by atoms with Crippen molar-refractivity contribution in [1.82, 2.24) is 0 Å². The van der Waals surface area contributed by atoms with E-state index in [1.165, 1.54) is 0 Å². The van der Waals surface area contributed by atoms with Crippen LogP contribution in [0.2, 0.25) is 10.0 Å². The number of benzene rings is 1. The smallest absolute Gasteiger partial charge is 0.315 e. The number of carbonyl (C=O) groups is 2. The van der Waals surface area contributed by atoms with Gasteiger partial charge in [0.25, 0.3) is 0 Å². The van der Waals surface area contributed by atoms with Gasteiger partial charge in [0, 0.05) is 29.3 Å². The molecule has 3 rings (SSSR count). The average molecular weight is 394 g/mol. The number of Topliss-reactive ketones (excluding diaryl/α,β-unsaturated/α-hetero) is 1. The lowest BCUT2D eigenvalue weighted by Crippen LogP contribution is -2.38. The van der Waals surface area contributed by atoms with Crippen molar-refractivity contribution in [3.63, 3.8) is 0 Å². The third-order valence-electron chi connectivity index (χ3n) is 4.76. The molecule has 0 radical (unpaired) electrons. The van der Waals surface area contributed by atoms with Crippen LogP contribution in [0.4, 0.5) is 0 Å². The fourth-order valence-corrected chi connectivity index (χ4v) is 4.14. The standard InChI is InChI=1S/C20H21Cl2NO3/c1-10(2)26-20(25)16-11(3)23-14-8-5-9-15(24)18(14)17(16)12-6-4-7-13(21)19(12)22/h4,6-7,10,16-17H,5,8-9H2,1-3H3/t16?,17-/m1/s1. The Bertz CT molecular complexity index is 826. The second-order valence-electron chi connectivity index (χ2n) is 6.97. The number of nitrogens with zero attached hydrogens (tertiary/aromatic N) is 1. The Hall–Kier alpha value is -1.65. The Morgan fingerprint density at radius 3 is 2.69 bits per heavy atom. The highest BCUT2D eigenvalue weighted by atomic mass is 35.5. The van der Waals surface area contributed by atoms with Gasteiger partial charge >= 0.3 is 5.97 Å². The van der Waals surface area contributed by atoms with Gasteiger partial charge in [-0.3, -0.25) is 14.6 Å². The van der Waals surface area contributed by atoms with Crippen molar-refractivity contribution in [2.75, 3.05) is 0 Å². The first-order chi connectivity index (χ1) is 12.3. The van der Waals surface area contributed by atoms with Gasteiger partial charge in [0.1, 0.15) is 5.92 Å². The highest BCUT2D eigenvalue weighted by Crippen LogP contribution is 2.46. The largest absolute Gasteiger partial charge is 0.462 e. The Morgan fingerprint density at radius 2 is 2.00 bits per heavy atom. The van der Waals surface area contributed by atoms with Crippen LogP contribution < -0.4 is 0 Å². The number of hydrogen-bond donors (Lipinski definition) is 0. The molecule has 0 spiro atoms. The summed E-state index contributed by atoms with van der Waals surface area (Å²) in [7, 11) is 0. The summed E-state index contributed by atoms with van der Waals surface area (Å²) in [5, 5.41) is 0.757. The fraction of sp³-hybridized carbons (Fsp3) is 0.450. The first kappa shape index (κ1) is 19.1. The van der Waals surface area contributed by atoms with E-state index < -0.39 is 17.8 Å². The van der Waals surface area contributed by atoms with Gasteiger partial charge in [0.2, 0.25) is 0 Å². The zero-order valence-corrected chi connectivity index (χ0v) is 16.5. The summed E-state index contributed by atoms with van der Waals surface area (Å²) < 4.78 is 5.47. The SMILES string of the molecule is CC1=NC2=C(C(=O)CCC2)[C@H](c2cccc(Cl)c2Cl)C1C(=O)OC(C)C. The summed E-state index contributed by atoms with van der Waals surface area (Å²) >= 11 is 12.7. The van der Waals surface area contributed by atoms with Gasteiger partial charge in [-0.05, 0) is 45.2 Å². The molecule has 0 aromatic heterocycles.